The molecule has 122 valence electrons. The van der Waals surface area contributed by atoms with E-state index >= 15 is 0 Å². The van der Waals surface area contributed by atoms with Crippen LogP contribution >= 0.6 is 0 Å². The molecule has 1 amide bonds. The summed E-state index contributed by atoms with van der Waals surface area (Å²) in [5, 5.41) is 3.53. The van der Waals surface area contributed by atoms with Crippen LogP contribution in [0.1, 0.15) is 32.4 Å². The Kier molecular flexibility index (Phi) is 6.34. The first-order valence-electron chi connectivity index (χ1n) is 8.06. The number of aromatic nitrogens is 1. The van der Waals surface area contributed by atoms with E-state index in [9.17, 15) is 4.79 Å². The number of rotatable bonds is 6. The lowest BCUT2D eigenvalue weighted by molar-refractivity contribution is -0.134. The fraction of sp³-hybridized carbons (Fsp3) is 0.647. The molecule has 5 nitrogen and oxygen atoms in total. The van der Waals surface area contributed by atoms with Gasteiger partial charge in [0.05, 0.1) is 18.3 Å². The van der Waals surface area contributed by atoms with Gasteiger partial charge in [-0.1, -0.05) is 19.9 Å². The van der Waals surface area contributed by atoms with Crippen molar-refractivity contribution in [3.05, 3.63) is 30.1 Å². The molecule has 0 bridgehead atoms. The molecule has 1 aromatic rings. The maximum Gasteiger partial charge on any atom is 0.240 e. The van der Waals surface area contributed by atoms with Crippen LogP contribution in [0.4, 0.5) is 0 Å². The fourth-order valence-corrected chi connectivity index (χ4v) is 2.72. The van der Waals surface area contributed by atoms with E-state index in [1.54, 1.807) is 11.1 Å². The van der Waals surface area contributed by atoms with Gasteiger partial charge in [-0.05, 0) is 30.9 Å². The summed E-state index contributed by atoms with van der Waals surface area (Å²) in [6, 6.07) is 5.99. The number of hydrogen-bond donors (Lipinski definition) is 1. The fourth-order valence-electron chi connectivity index (χ4n) is 2.72. The molecule has 2 rings (SSSR count). The van der Waals surface area contributed by atoms with Crippen molar-refractivity contribution < 1.29 is 9.53 Å². The highest BCUT2D eigenvalue weighted by molar-refractivity contribution is 5.82. The molecule has 1 aliphatic heterocycles. The number of nitrogens with zero attached hydrogens (tertiary/aromatic N) is 2. The first-order chi connectivity index (χ1) is 10.6. The zero-order chi connectivity index (χ0) is 15.9. The van der Waals surface area contributed by atoms with Crippen molar-refractivity contribution in [2.75, 3.05) is 20.3 Å². The van der Waals surface area contributed by atoms with E-state index in [1.165, 1.54) is 0 Å². The van der Waals surface area contributed by atoms with Gasteiger partial charge in [-0.15, -0.1) is 0 Å². The van der Waals surface area contributed by atoms with E-state index in [2.05, 4.69) is 24.1 Å². The largest absolute Gasteiger partial charge is 0.381 e. The smallest absolute Gasteiger partial charge is 0.240 e. The zero-order valence-corrected chi connectivity index (χ0v) is 13.8. The van der Waals surface area contributed by atoms with E-state index in [0.717, 1.165) is 31.7 Å². The molecule has 22 heavy (non-hydrogen) atoms. The Morgan fingerprint density at radius 2 is 2.14 bits per heavy atom. The molecule has 1 fully saturated rings. The second kappa shape index (κ2) is 8.25. The number of nitrogens with one attached hydrogen (secondary N) is 1. The molecule has 1 aliphatic rings. The van der Waals surface area contributed by atoms with Crippen LogP contribution in [-0.4, -0.2) is 48.1 Å². The van der Waals surface area contributed by atoms with Gasteiger partial charge in [-0.2, -0.15) is 0 Å². The third kappa shape index (κ3) is 4.78. The van der Waals surface area contributed by atoms with E-state index in [1.807, 2.05) is 25.2 Å². The number of hydrogen-bond acceptors (Lipinski definition) is 4. The van der Waals surface area contributed by atoms with Gasteiger partial charge in [-0.3, -0.25) is 9.78 Å². The van der Waals surface area contributed by atoms with Crippen molar-refractivity contribution in [3.8, 4) is 0 Å². The van der Waals surface area contributed by atoms with E-state index < -0.39 is 0 Å². The van der Waals surface area contributed by atoms with Crippen LogP contribution in [0, 0.1) is 5.92 Å². The van der Waals surface area contributed by atoms with Crippen LogP contribution in [0.3, 0.4) is 0 Å². The van der Waals surface area contributed by atoms with E-state index in [0.29, 0.717) is 12.6 Å². The number of amides is 1. The Morgan fingerprint density at radius 3 is 2.73 bits per heavy atom. The lowest BCUT2D eigenvalue weighted by Crippen LogP contribution is -2.52. The number of likely N-dealkylation sites (N-methyl/N-ethyl adjacent to an activating group) is 1. The van der Waals surface area contributed by atoms with Crippen molar-refractivity contribution in [1.82, 2.24) is 15.2 Å². The zero-order valence-electron chi connectivity index (χ0n) is 13.8. The normalized spacial score (nSPS) is 17.5. The van der Waals surface area contributed by atoms with Gasteiger partial charge in [0.1, 0.15) is 0 Å². The van der Waals surface area contributed by atoms with Gasteiger partial charge in [0, 0.05) is 32.5 Å². The number of ether oxygens (including phenoxy) is 1. The molecule has 0 unspecified atom stereocenters. The van der Waals surface area contributed by atoms with Crippen molar-refractivity contribution in [2.45, 2.75) is 45.3 Å². The van der Waals surface area contributed by atoms with Gasteiger partial charge >= 0.3 is 0 Å². The molecule has 1 N–H and O–H groups in total. The standard InChI is InChI=1S/C17H27N3O2/c1-13(2)16(19-14-7-10-22-11-8-14)17(21)20(3)12-15-6-4-5-9-18-15/h4-6,9,13-14,16,19H,7-8,10-12H2,1-3H3/t16-/m0/s1. The highest BCUT2D eigenvalue weighted by atomic mass is 16.5. The van der Waals surface area contributed by atoms with Gasteiger partial charge in [0.2, 0.25) is 5.91 Å². The van der Waals surface area contributed by atoms with Crippen LogP contribution in [-0.2, 0) is 16.1 Å². The Balaban J connectivity index is 1.95. The van der Waals surface area contributed by atoms with Crippen molar-refractivity contribution in [3.63, 3.8) is 0 Å². The molecule has 5 heteroatoms. The molecule has 2 heterocycles. The second-order valence-corrected chi connectivity index (χ2v) is 6.29. The summed E-state index contributed by atoms with van der Waals surface area (Å²) >= 11 is 0. The van der Waals surface area contributed by atoms with Crippen LogP contribution in [0.2, 0.25) is 0 Å². The van der Waals surface area contributed by atoms with Crippen LogP contribution in [0.5, 0.6) is 0 Å². The van der Waals surface area contributed by atoms with Crippen LogP contribution in [0.25, 0.3) is 0 Å². The Morgan fingerprint density at radius 1 is 1.41 bits per heavy atom. The summed E-state index contributed by atoms with van der Waals surface area (Å²) in [4.78, 5) is 18.8. The monoisotopic (exact) mass is 305 g/mol. The van der Waals surface area contributed by atoms with E-state index in [4.69, 9.17) is 4.74 Å². The summed E-state index contributed by atoms with van der Waals surface area (Å²) < 4.78 is 5.39. The van der Waals surface area contributed by atoms with Crippen molar-refractivity contribution in [2.24, 2.45) is 5.92 Å². The third-order valence-corrected chi connectivity index (χ3v) is 4.07. The summed E-state index contributed by atoms with van der Waals surface area (Å²) in [6.45, 7) is 6.27. The maximum atomic E-state index is 12.8. The first-order valence-corrected chi connectivity index (χ1v) is 8.06. The molecular weight excluding hydrogens is 278 g/mol. The lowest BCUT2D eigenvalue weighted by atomic mass is 9.99. The van der Waals surface area contributed by atoms with Crippen LogP contribution < -0.4 is 5.32 Å². The Bertz CT molecular complexity index is 458. The molecule has 0 aliphatic carbocycles. The SMILES string of the molecule is CC(C)[C@H](NC1CCOCC1)C(=O)N(C)Cc1ccccn1. The number of carbonyl (C=O) groups excluding carboxylic acids is 1. The third-order valence-electron chi connectivity index (χ3n) is 4.07. The highest BCUT2D eigenvalue weighted by Gasteiger charge is 2.28. The predicted molar refractivity (Wildman–Crippen MR) is 86.3 cm³/mol. The van der Waals surface area contributed by atoms with Gasteiger partial charge in [0.15, 0.2) is 0 Å². The minimum Gasteiger partial charge on any atom is -0.381 e. The molecule has 1 saturated heterocycles. The van der Waals surface area contributed by atoms with Crippen LogP contribution in [0.15, 0.2) is 24.4 Å². The lowest BCUT2D eigenvalue weighted by Gasteiger charge is -2.32. The molecule has 0 spiro atoms. The average molecular weight is 305 g/mol. The van der Waals surface area contributed by atoms with Crippen molar-refractivity contribution >= 4 is 5.91 Å². The minimum atomic E-state index is -0.156. The summed E-state index contributed by atoms with van der Waals surface area (Å²) in [5.74, 6) is 0.383. The quantitative estimate of drug-likeness (QED) is 0.871. The topological polar surface area (TPSA) is 54.5 Å². The predicted octanol–water partition coefficient (Wildman–Crippen LogP) is 1.83. The number of pyridine rings is 1. The van der Waals surface area contributed by atoms with E-state index in [-0.39, 0.29) is 17.9 Å². The van der Waals surface area contributed by atoms with Gasteiger partial charge in [0.25, 0.3) is 0 Å². The Labute approximate surface area is 133 Å². The molecular formula is C17H27N3O2. The highest BCUT2D eigenvalue weighted by Crippen LogP contribution is 2.13. The molecule has 0 aromatic carbocycles. The Hall–Kier alpha value is -1.46. The molecule has 0 radical (unpaired) electrons. The van der Waals surface area contributed by atoms with Gasteiger partial charge in [-0.25, -0.2) is 0 Å². The summed E-state index contributed by atoms with van der Waals surface area (Å²) in [7, 11) is 1.85. The molecule has 0 saturated carbocycles. The first kappa shape index (κ1) is 16.9. The second-order valence-electron chi connectivity index (χ2n) is 6.29. The average Bonchev–Trinajstić information content (AvgIpc) is 2.53. The summed E-state index contributed by atoms with van der Waals surface area (Å²) in [5.41, 5.74) is 0.909. The summed E-state index contributed by atoms with van der Waals surface area (Å²) in [6.07, 6.45) is 3.70. The van der Waals surface area contributed by atoms with Gasteiger partial charge < -0.3 is 15.0 Å². The minimum absolute atomic E-state index is 0.132. The number of carbonyl (C=O) groups is 1. The van der Waals surface area contributed by atoms with Crippen molar-refractivity contribution in [1.29, 1.82) is 0 Å². The molecule has 1 aromatic heterocycles. The molecule has 1 atom stereocenters. The maximum absolute atomic E-state index is 12.8.